The molecule has 1 aliphatic heterocycles. The summed E-state index contributed by atoms with van der Waals surface area (Å²) in [4.78, 5) is 9.37. The lowest BCUT2D eigenvalue weighted by molar-refractivity contribution is -0.143. The molecule has 2 heterocycles. The van der Waals surface area contributed by atoms with Gasteiger partial charge in [-0.15, -0.1) is 0 Å². The summed E-state index contributed by atoms with van der Waals surface area (Å²) in [5.74, 6) is 0.0942. The number of aliphatic imine (C=N–C) groups is 1. The second-order valence-electron chi connectivity index (χ2n) is 6.66. The highest BCUT2D eigenvalue weighted by atomic mass is 19.4. The van der Waals surface area contributed by atoms with Crippen molar-refractivity contribution >= 4 is 5.96 Å². The molecule has 152 valence electrons. The lowest BCUT2D eigenvalue weighted by Gasteiger charge is -2.20. The second-order valence-corrected chi connectivity index (χ2v) is 6.66. The number of aromatic nitrogens is 2. The molecular formula is C18H22F4N6. The first-order valence-corrected chi connectivity index (χ1v) is 8.87. The Bertz CT molecular complexity index is 803. The molecule has 0 aliphatic carbocycles. The summed E-state index contributed by atoms with van der Waals surface area (Å²) in [5.41, 5.74) is 1.12. The first-order chi connectivity index (χ1) is 13.3. The highest BCUT2D eigenvalue weighted by Crippen LogP contribution is 2.20. The molecule has 1 aromatic carbocycles. The molecule has 0 bridgehead atoms. The van der Waals surface area contributed by atoms with E-state index < -0.39 is 12.7 Å². The zero-order valence-corrected chi connectivity index (χ0v) is 15.4. The minimum Gasteiger partial charge on any atom is -0.352 e. The average molecular weight is 398 g/mol. The van der Waals surface area contributed by atoms with Gasteiger partial charge in [0.2, 0.25) is 0 Å². The SMILES string of the molecule is CN=C(NCc1ccc(-n2ccnc2)c(F)c1)NC1CCN(CC(F)(F)F)C1. The zero-order valence-electron chi connectivity index (χ0n) is 15.4. The Morgan fingerprint density at radius 2 is 2.18 bits per heavy atom. The number of likely N-dealkylation sites (tertiary alicyclic amines) is 1. The lowest BCUT2D eigenvalue weighted by atomic mass is 10.2. The maximum Gasteiger partial charge on any atom is 0.401 e. The van der Waals surface area contributed by atoms with Crippen LogP contribution >= 0.6 is 0 Å². The highest BCUT2D eigenvalue weighted by molar-refractivity contribution is 5.80. The first kappa shape index (κ1) is 20.1. The van der Waals surface area contributed by atoms with Crippen molar-refractivity contribution in [2.24, 2.45) is 4.99 Å². The van der Waals surface area contributed by atoms with Crippen LogP contribution in [0.25, 0.3) is 5.69 Å². The van der Waals surface area contributed by atoms with E-state index in [0.29, 0.717) is 37.7 Å². The first-order valence-electron chi connectivity index (χ1n) is 8.87. The monoisotopic (exact) mass is 398 g/mol. The molecule has 10 heteroatoms. The Labute approximate surface area is 160 Å². The van der Waals surface area contributed by atoms with Gasteiger partial charge in [0.25, 0.3) is 0 Å². The van der Waals surface area contributed by atoms with E-state index in [1.807, 2.05) is 0 Å². The van der Waals surface area contributed by atoms with E-state index in [2.05, 4.69) is 20.6 Å². The molecule has 6 nitrogen and oxygen atoms in total. The fraction of sp³-hybridized carbons (Fsp3) is 0.444. The van der Waals surface area contributed by atoms with E-state index in [1.165, 1.54) is 17.3 Å². The van der Waals surface area contributed by atoms with Crippen LogP contribution in [-0.2, 0) is 6.54 Å². The largest absolute Gasteiger partial charge is 0.401 e. The Kier molecular flexibility index (Phi) is 6.18. The average Bonchev–Trinajstić information content (AvgIpc) is 3.29. The molecule has 1 aliphatic rings. The molecule has 0 radical (unpaired) electrons. The molecule has 1 unspecified atom stereocenters. The summed E-state index contributed by atoms with van der Waals surface area (Å²) in [6.45, 7) is 0.114. The van der Waals surface area contributed by atoms with Gasteiger partial charge in [0, 0.05) is 45.1 Å². The summed E-state index contributed by atoms with van der Waals surface area (Å²) in [6, 6.07) is 4.76. The van der Waals surface area contributed by atoms with Crippen LogP contribution in [0.15, 0.2) is 41.9 Å². The number of nitrogens with zero attached hydrogens (tertiary/aromatic N) is 4. The Morgan fingerprint density at radius 3 is 2.82 bits per heavy atom. The molecule has 2 aromatic rings. The van der Waals surface area contributed by atoms with Gasteiger partial charge in [-0.25, -0.2) is 9.37 Å². The molecule has 1 fully saturated rings. The van der Waals surface area contributed by atoms with Crippen LogP contribution in [0, 0.1) is 5.82 Å². The minimum atomic E-state index is -4.19. The molecule has 0 amide bonds. The molecule has 28 heavy (non-hydrogen) atoms. The number of halogens is 4. The summed E-state index contributed by atoms with van der Waals surface area (Å²) < 4.78 is 53.4. The van der Waals surface area contributed by atoms with Crippen molar-refractivity contribution in [3.8, 4) is 5.69 Å². The topological polar surface area (TPSA) is 57.5 Å². The van der Waals surface area contributed by atoms with Gasteiger partial charge in [0.15, 0.2) is 5.96 Å². The number of guanidine groups is 1. The van der Waals surface area contributed by atoms with Gasteiger partial charge in [0.05, 0.1) is 18.6 Å². The van der Waals surface area contributed by atoms with E-state index >= 15 is 0 Å². The van der Waals surface area contributed by atoms with Crippen LogP contribution in [0.1, 0.15) is 12.0 Å². The normalized spacial score (nSPS) is 18.5. The van der Waals surface area contributed by atoms with Crippen molar-refractivity contribution in [3.63, 3.8) is 0 Å². The van der Waals surface area contributed by atoms with Crippen LogP contribution in [-0.4, -0.2) is 59.3 Å². The fourth-order valence-corrected chi connectivity index (χ4v) is 3.19. The van der Waals surface area contributed by atoms with Gasteiger partial charge >= 0.3 is 6.18 Å². The van der Waals surface area contributed by atoms with Gasteiger partial charge in [0.1, 0.15) is 5.82 Å². The maximum absolute atomic E-state index is 14.3. The maximum atomic E-state index is 14.3. The summed E-state index contributed by atoms with van der Waals surface area (Å²) >= 11 is 0. The third kappa shape index (κ3) is 5.44. The van der Waals surface area contributed by atoms with Crippen molar-refractivity contribution in [1.82, 2.24) is 25.1 Å². The number of rotatable bonds is 5. The minimum absolute atomic E-state index is 0.117. The van der Waals surface area contributed by atoms with Crippen LogP contribution < -0.4 is 10.6 Å². The van der Waals surface area contributed by atoms with E-state index in [0.717, 1.165) is 5.56 Å². The van der Waals surface area contributed by atoms with Crippen molar-refractivity contribution in [2.45, 2.75) is 25.2 Å². The van der Waals surface area contributed by atoms with Gasteiger partial charge in [-0.1, -0.05) is 6.07 Å². The molecule has 2 N–H and O–H groups in total. The predicted octanol–water partition coefficient (Wildman–Crippen LogP) is 2.31. The fourth-order valence-electron chi connectivity index (χ4n) is 3.19. The molecule has 1 saturated heterocycles. The van der Waals surface area contributed by atoms with E-state index in [-0.39, 0.29) is 11.9 Å². The van der Waals surface area contributed by atoms with E-state index in [9.17, 15) is 17.6 Å². The predicted molar refractivity (Wildman–Crippen MR) is 97.8 cm³/mol. The van der Waals surface area contributed by atoms with E-state index in [4.69, 9.17) is 0 Å². The lowest BCUT2D eigenvalue weighted by Crippen LogP contribution is -2.44. The third-order valence-corrected chi connectivity index (χ3v) is 4.49. The summed E-state index contributed by atoms with van der Waals surface area (Å²) in [6.07, 6.45) is 1.16. The zero-order chi connectivity index (χ0) is 20.1. The van der Waals surface area contributed by atoms with Gasteiger partial charge in [-0.2, -0.15) is 13.2 Å². The van der Waals surface area contributed by atoms with Crippen molar-refractivity contribution in [1.29, 1.82) is 0 Å². The molecule has 1 atom stereocenters. The number of alkyl halides is 3. The summed E-state index contributed by atoms with van der Waals surface area (Å²) in [7, 11) is 1.58. The molecule has 0 spiro atoms. The van der Waals surface area contributed by atoms with Gasteiger partial charge in [-0.3, -0.25) is 9.89 Å². The molecule has 3 rings (SSSR count). The number of hydrogen-bond acceptors (Lipinski definition) is 3. The Balaban J connectivity index is 1.51. The van der Waals surface area contributed by atoms with Crippen LogP contribution in [0.5, 0.6) is 0 Å². The Hall–Kier alpha value is -2.62. The third-order valence-electron chi connectivity index (χ3n) is 4.49. The molecule has 1 aromatic heterocycles. The Morgan fingerprint density at radius 1 is 1.36 bits per heavy atom. The smallest absolute Gasteiger partial charge is 0.352 e. The number of nitrogens with one attached hydrogen (secondary N) is 2. The molecule has 0 saturated carbocycles. The standard InChI is InChI=1S/C18H22F4N6/c1-23-17(26-14-4-6-27(10-14)11-18(20,21)22)25-9-13-2-3-16(15(19)8-13)28-7-5-24-12-28/h2-3,5,7-8,12,14H,4,6,9-11H2,1H3,(H2,23,25,26). The van der Waals surface area contributed by atoms with Crippen molar-refractivity contribution in [3.05, 3.63) is 48.3 Å². The number of hydrogen-bond donors (Lipinski definition) is 2. The van der Waals surface area contributed by atoms with Crippen molar-refractivity contribution < 1.29 is 17.6 Å². The molecular weight excluding hydrogens is 376 g/mol. The van der Waals surface area contributed by atoms with Crippen LogP contribution in [0.4, 0.5) is 17.6 Å². The number of imidazole rings is 1. The second kappa shape index (κ2) is 8.59. The highest BCUT2D eigenvalue weighted by Gasteiger charge is 2.34. The van der Waals surface area contributed by atoms with Crippen LogP contribution in [0.2, 0.25) is 0 Å². The van der Waals surface area contributed by atoms with Gasteiger partial charge in [-0.05, 0) is 24.1 Å². The quantitative estimate of drug-likeness (QED) is 0.461. The van der Waals surface area contributed by atoms with Crippen LogP contribution in [0.3, 0.4) is 0 Å². The van der Waals surface area contributed by atoms with Crippen molar-refractivity contribution in [2.75, 3.05) is 26.7 Å². The number of benzene rings is 1. The van der Waals surface area contributed by atoms with E-state index in [1.54, 1.807) is 36.1 Å². The van der Waals surface area contributed by atoms with Gasteiger partial charge < -0.3 is 15.2 Å². The summed E-state index contributed by atoms with van der Waals surface area (Å²) in [5, 5.41) is 6.19.